The van der Waals surface area contributed by atoms with Crippen LogP contribution in [-0.4, -0.2) is 30.4 Å². The Hall–Kier alpha value is -1.42. The Kier molecular flexibility index (Phi) is 5.10. The summed E-state index contributed by atoms with van der Waals surface area (Å²) in [6, 6.07) is 4.65. The molecule has 0 bridgehead atoms. The molecule has 0 atom stereocenters. The molecule has 0 aliphatic heterocycles. The minimum absolute atomic E-state index is 0.123. The molecule has 1 amide bonds. The average molecular weight is 238 g/mol. The van der Waals surface area contributed by atoms with E-state index in [1.54, 1.807) is 17.9 Å². The van der Waals surface area contributed by atoms with Gasteiger partial charge in [0, 0.05) is 19.6 Å². The molecule has 0 aromatic heterocycles. The summed E-state index contributed by atoms with van der Waals surface area (Å²) < 4.78 is 13.7. The lowest BCUT2D eigenvalue weighted by Gasteiger charge is -2.21. The van der Waals surface area contributed by atoms with Crippen molar-refractivity contribution in [2.75, 3.05) is 19.6 Å². The third-order valence-corrected chi connectivity index (χ3v) is 2.53. The van der Waals surface area contributed by atoms with Gasteiger partial charge in [-0.05, 0) is 31.0 Å². The summed E-state index contributed by atoms with van der Waals surface area (Å²) in [7, 11) is 0. The fourth-order valence-corrected chi connectivity index (χ4v) is 1.70. The van der Waals surface area contributed by atoms with Crippen molar-refractivity contribution in [3.63, 3.8) is 0 Å². The Balaban J connectivity index is 2.92. The zero-order valence-corrected chi connectivity index (χ0v) is 10.4. The fourth-order valence-electron chi connectivity index (χ4n) is 1.70. The Labute approximate surface area is 101 Å². The lowest BCUT2D eigenvalue weighted by molar-refractivity contribution is 0.0755. The molecular formula is C13H19FN2O. The van der Waals surface area contributed by atoms with Crippen LogP contribution in [0.2, 0.25) is 0 Å². The second-order valence-corrected chi connectivity index (χ2v) is 4.06. The van der Waals surface area contributed by atoms with E-state index in [-0.39, 0.29) is 11.5 Å². The molecule has 0 saturated heterocycles. The first kappa shape index (κ1) is 13.6. The van der Waals surface area contributed by atoms with Crippen LogP contribution in [0.15, 0.2) is 18.2 Å². The van der Waals surface area contributed by atoms with Gasteiger partial charge in [-0.2, -0.15) is 0 Å². The smallest absolute Gasteiger partial charge is 0.256 e. The summed E-state index contributed by atoms with van der Waals surface area (Å²) in [5.74, 6) is -0.747. The molecule has 0 spiro atoms. The highest BCUT2D eigenvalue weighted by Gasteiger charge is 2.17. The highest BCUT2D eigenvalue weighted by molar-refractivity contribution is 5.94. The van der Waals surface area contributed by atoms with Crippen LogP contribution in [0, 0.1) is 12.7 Å². The molecule has 0 aliphatic rings. The quantitative estimate of drug-likeness (QED) is 0.852. The van der Waals surface area contributed by atoms with Gasteiger partial charge >= 0.3 is 0 Å². The van der Waals surface area contributed by atoms with E-state index < -0.39 is 5.82 Å². The second kappa shape index (κ2) is 6.35. The number of rotatable bonds is 5. The first-order valence-corrected chi connectivity index (χ1v) is 5.85. The molecule has 0 aliphatic carbocycles. The highest BCUT2D eigenvalue weighted by Crippen LogP contribution is 2.12. The molecule has 1 aromatic rings. The molecule has 17 heavy (non-hydrogen) atoms. The lowest BCUT2D eigenvalue weighted by atomic mass is 10.1. The Morgan fingerprint density at radius 3 is 2.65 bits per heavy atom. The van der Waals surface area contributed by atoms with Gasteiger partial charge in [-0.25, -0.2) is 4.39 Å². The molecule has 0 heterocycles. The van der Waals surface area contributed by atoms with E-state index in [2.05, 4.69) is 0 Å². The number of hydrogen-bond donors (Lipinski definition) is 1. The van der Waals surface area contributed by atoms with E-state index in [0.717, 1.165) is 12.0 Å². The number of nitrogens with two attached hydrogens (primary N) is 1. The van der Waals surface area contributed by atoms with Crippen LogP contribution in [-0.2, 0) is 0 Å². The predicted octanol–water partition coefficient (Wildman–Crippen LogP) is 1.95. The third-order valence-electron chi connectivity index (χ3n) is 2.53. The first-order valence-electron chi connectivity index (χ1n) is 5.85. The van der Waals surface area contributed by atoms with E-state index in [9.17, 15) is 9.18 Å². The van der Waals surface area contributed by atoms with Crippen LogP contribution in [0.25, 0.3) is 0 Å². The van der Waals surface area contributed by atoms with Crippen molar-refractivity contribution in [3.8, 4) is 0 Å². The van der Waals surface area contributed by atoms with E-state index >= 15 is 0 Å². The average Bonchev–Trinajstić information content (AvgIpc) is 2.28. The molecule has 94 valence electrons. The van der Waals surface area contributed by atoms with Gasteiger partial charge in [0.25, 0.3) is 5.91 Å². The zero-order chi connectivity index (χ0) is 12.8. The van der Waals surface area contributed by atoms with E-state index in [1.165, 1.54) is 12.1 Å². The van der Waals surface area contributed by atoms with Gasteiger partial charge in [0.15, 0.2) is 0 Å². The minimum Gasteiger partial charge on any atom is -0.337 e. The van der Waals surface area contributed by atoms with Crippen molar-refractivity contribution in [2.24, 2.45) is 5.73 Å². The molecule has 3 nitrogen and oxygen atoms in total. The molecule has 1 rings (SSSR count). The monoisotopic (exact) mass is 238 g/mol. The van der Waals surface area contributed by atoms with Gasteiger partial charge < -0.3 is 10.6 Å². The van der Waals surface area contributed by atoms with Crippen LogP contribution in [0.1, 0.15) is 29.3 Å². The molecule has 0 radical (unpaired) electrons. The summed E-state index contributed by atoms with van der Waals surface area (Å²) in [5.41, 5.74) is 6.38. The van der Waals surface area contributed by atoms with E-state index in [0.29, 0.717) is 19.6 Å². The third kappa shape index (κ3) is 3.53. The Bertz CT molecular complexity index is 387. The van der Waals surface area contributed by atoms with Crippen molar-refractivity contribution < 1.29 is 9.18 Å². The van der Waals surface area contributed by atoms with Gasteiger partial charge in [0.2, 0.25) is 0 Å². The van der Waals surface area contributed by atoms with Crippen LogP contribution < -0.4 is 5.73 Å². The van der Waals surface area contributed by atoms with Crippen LogP contribution in [0.4, 0.5) is 4.39 Å². The standard InChI is InChI=1S/C13H19FN2O/c1-3-7-16(8-6-15)13(17)11-5-4-10(2)9-12(11)14/h4-5,9H,3,6-8,15H2,1-2H3. The minimum atomic E-state index is -0.465. The molecule has 4 heteroatoms. The highest BCUT2D eigenvalue weighted by atomic mass is 19.1. The number of nitrogens with zero attached hydrogens (tertiary/aromatic N) is 1. The van der Waals surface area contributed by atoms with Crippen molar-refractivity contribution in [3.05, 3.63) is 35.1 Å². The number of carbonyl (C=O) groups excluding carboxylic acids is 1. The number of halogens is 1. The van der Waals surface area contributed by atoms with Crippen molar-refractivity contribution >= 4 is 5.91 Å². The number of hydrogen-bond acceptors (Lipinski definition) is 2. The molecule has 0 saturated carbocycles. The topological polar surface area (TPSA) is 46.3 Å². The van der Waals surface area contributed by atoms with Gasteiger partial charge in [0.05, 0.1) is 5.56 Å². The molecule has 2 N–H and O–H groups in total. The number of benzene rings is 1. The Morgan fingerprint density at radius 1 is 1.41 bits per heavy atom. The molecule has 0 unspecified atom stereocenters. The maximum atomic E-state index is 13.7. The van der Waals surface area contributed by atoms with Crippen molar-refractivity contribution in [1.82, 2.24) is 4.90 Å². The Morgan fingerprint density at radius 2 is 2.12 bits per heavy atom. The molecule has 1 aromatic carbocycles. The second-order valence-electron chi connectivity index (χ2n) is 4.06. The maximum Gasteiger partial charge on any atom is 0.256 e. The summed E-state index contributed by atoms with van der Waals surface area (Å²) in [6.07, 6.45) is 0.833. The number of amides is 1. The number of aryl methyl sites for hydroxylation is 1. The van der Waals surface area contributed by atoms with E-state index in [4.69, 9.17) is 5.73 Å². The summed E-state index contributed by atoms with van der Waals surface area (Å²) in [6.45, 7) is 5.21. The largest absolute Gasteiger partial charge is 0.337 e. The maximum absolute atomic E-state index is 13.7. The van der Waals surface area contributed by atoms with Gasteiger partial charge in [-0.3, -0.25) is 4.79 Å². The predicted molar refractivity (Wildman–Crippen MR) is 66.4 cm³/mol. The molecule has 0 fully saturated rings. The first-order chi connectivity index (χ1) is 8.10. The van der Waals surface area contributed by atoms with Gasteiger partial charge in [0.1, 0.15) is 5.82 Å². The van der Waals surface area contributed by atoms with Crippen molar-refractivity contribution in [2.45, 2.75) is 20.3 Å². The van der Waals surface area contributed by atoms with Crippen LogP contribution in [0.5, 0.6) is 0 Å². The van der Waals surface area contributed by atoms with Gasteiger partial charge in [-0.15, -0.1) is 0 Å². The summed E-state index contributed by atoms with van der Waals surface area (Å²) in [4.78, 5) is 13.7. The van der Waals surface area contributed by atoms with E-state index in [1.807, 2.05) is 6.92 Å². The lowest BCUT2D eigenvalue weighted by Crippen LogP contribution is -2.36. The fraction of sp³-hybridized carbons (Fsp3) is 0.462. The summed E-state index contributed by atoms with van der Waals surface area (Å²) >= 11 is 0. The molecular weight excluding hydrogens is 219 g/mol. The zero-order valence-electron chi connectivity index (χ0n) is 10.4. The normalized spacial score (nSPS) is 10.4. The SMILES string of the molecule is CCCN(CCN)C(=O)c1ccc(C)cc1F. The van der Waals surface area contributed by atoms with Gasteiger partial charge in [-0.1, -0.05) is 13.0 Å². The number of carbonyl (C=O) groups is 1. The summed E-state index contributed by atoms with van der Waals surface area (Å²) in [5, 5.41) is 0. The van der Waals surface area contributed by atoms with Crippen LogP contribution in [0.3, 0.4) is 0 Å². The van der Waals surface area contributed by atoms with Crippen molar-refractivity contribution in [1.29, 1.82) is 0 Å². The van der Waals surface area contributed by atoms with Crippen LogP contribution >= 0.6 is 0 Å².